The van der Waals surface area contributed by atoms with E-state index in [2.05, 4.69) is 24.4 Å². The van der Waals surface area contributed by atoms with E-state index in [1.54, 1.807) is 11.3 Å². The summed E-state index contributed by atoms with van der Waals surface area (Å²) < 4.78 is 5.68. The number of nitrogens with zero attached hydrogens (tertiary/aromatic N) is 1. The predicted octanol–water partition coefficient (Wildman–Crippen LogP) is 4.22. The fourth-order valence-electron chi connectivity index (χ4n) is 2.92. The first kappa shape index (κ1) is 15.1. The molecule has 0 saturated heterocycles. The molecule has 1 aromatic heterocycles. The van der Waals surface area contributed by atoms with Gasteiger partial charge in [-0.1, -0.05) is 24.3 Å². The molecule has 3 nitrogen and oxygen atoms in total. The molecule has 116 valence electrons. The maximum Gasteiger partial charge on any atom is 0.223 e. The normalized spacial score (nSPS) is 18.2. The molecule has 1 amide bonds. The zero-order valence-electron chi connectivity index (χ0n) is 13.0. The maximum absolute atomic E-state index is 12.6. The Morgan fingerprint density at radius 2 is 2.18 bits per heavy atom. The van der Waals surface area contributed by atoms with Crippen molar-refractivity contribution in [2.45, 2.75) is 31.7 Å². The van der Waals surface area contributed by atoms with Gasteiger partial charge in [-0.25, -0.2) is 0 Å². The fourth-order valence-corrected chi connectivity index (χ4v) is 3.74. The van der Waals surface area contributed by atoms with Crippen LogP contribution in [0, 0.1) is 0 Å². The minimum absolute atomic E-state index is 0.127. The summed E-state index contributed by atoms with van der Waals surface area (Å²) in [6.45, 7) is 2.78. The summed E-state index contributed by atoms with van der Waals surface area (Å²) >= 11 is 1.70. The fraction of sp³-hybridized carbons (Fsp3) is 0.389. The average Bonchev–Trinajstić information content (AvgIpc) is 3.08. The van der Waals surface area contributed by atoms with Crippen LogP contribution in [0.3, 0.4) is 0 Å². The van der Waals surface area contributed by atoms with Crippen LogP contribution in [0.2, 0.25) is 0 Å². The molecule has 0 spiro atoms. The van der Waals surface area contributed by atoms with Gasteiger partial charge in [0.2, 0.25) is 5.91 Å². The Balaban J connectivity index is 1.70. The third-order valence-electron chi connectivity index (χ3n) is 4.43. The highest BCUT2D eigenvalue weighted by Crippen LogP contribution is 2.36. The van der Waals surface area contributed by atoms with Crippen LogP contribution in [0.25, 0.3) is 0 Å². The third-order valence-corrected chi connectivity index (χ3v) is 5.48. The van der Waals surface area contributed by atoms with Gasteiger partial charge in [0.1, 0.15) is 5.75 Å². The molecular formula is C18H21NO2S. The SMILES string of the molecule is C[C@@H](c1cccs1)N(C)C(=O)C[C@@H]1CCOc2ccccc21. The minimum Gasteiger partial charge on any atom is -0.493 e. The minimum atomic E-state index is 0.127. The first-order valence-corrected chi connectivity index (χ1v) is 8.55. The molecule has 0 bridgehead atoms. The van der Waals surface area contributed by atoms with Crippen molar-refractivity contribution in [1.82, 2.24) is 4.90 Å². The quantitative estimate of drug-likeness (QED) is 0.845. The maximum atomic E-state index is 12.6. The van der Waals surface area contributed by atoms with E-state index in [1.807, 2.05) is 36.2 Å². The van der Waals surface area contributed by atoms with Crippen LogP contribution in [0.4, 0.5) is 0 Å². The first-order chi connectivity index (χ1) is 10.7. The Morgan fingerprint density at radius 3 is 2.95 bits per heavy atom. The van der Waals surface area contributed by atoms with E-state index in [-0.39, 0.29) is 17.9 Å². The molecule has 1 aliphatic heterocycles. The molecule has 3 rings (SSSR count). The molecule has 2 heterocycles. The van der Waals surface area contributed by atoms with E-state index in [1.165, 1.54) is 10.4 Å². The van der Waals surface area contributed by atoms with Crippen LogP contribution in [0.5, 0.6) is 5.75 Å². The van der Waals surface area contributed by atoms with Gasteiger partial charge in [-0.15, -0.1) is 11.3 Å². The van der Waals surface area contributed by atoms with E-state index in [9.17, 15) is 4.79 Å². The summed E-state index contributed by atoms with van der Waals surface area (Å²) in [7, 11) is 1.90. The molecule has 1 aromatic carbocycles. The van der Waals surface area contributed by atoms with Crippen LogP contribution in [-0.4, -0.2) is 24.5 Å². The highest BCUT2D eigenvalue weighted by atomic mass is 32.1. The molecule has 0 saturated carbocycles. The van der Waals surface area contributed by atoms with Gasteiger partial charge in [0.15, 0.2) is 0 Å². The van der Waals surface area contributed by atoms with Crippen molar-refractivity contribution >= 4 is 17.2 Å². The lowest BCUT2D eigenvalue weighted by molar-refractivity contribution is -0.132. The number of carbonyl (C=O) groups is 1. The van der Waals surface area contributed by atoms with Crippen molar-refractivity contribution in [3.63, 3.8) is 0 Å². The van der Waals surface area contributed by atoms with Gasteiger partial charge < -0.3 is 9.64 Å². The van der Waals surface area contributed by atoms with Crippen molar-refractivity contribution < 1.29 is 9.53 Å². The smallest absolute Gasteiger partial charge is 0.223 e. The lowest BCUT2D eigenvalue weighted by Gasteiger charge is -2.29. The topological polar surface area (TPSA) is 29.5 Å². The summed E-state index contributed by atoms with van der Waals surface area (Å²) in [5.41, 5.74) is 1.17. The Kier molecular flexibility index (Phi) is 4.48. The summed E-state index contributed by atoms with van der Waals surface area (Å²) in [4.78, 5) is 15.7. The molecule has 4 heteroatoms. The molecule has 22 heavy (non-hydrogen) atoms. The highest BCUT2D eigenvalue weighted by Gasteiger charge is 2.26. The molecule has 0 fully saturated rings. The lowest BCUT2D eigenvalue weighted by atomic mass is 9.90. The molecule has 1 aliphatic rings. The number of ether oxygens (including phenoxy) is 1. The predicted molar refractivity (Wildman–Crippen MR) is 89.4 cm³/mol. The average molecular weight is 315 g/mol. The largest absolute Gasteiger partial charge is 0.493 e. The number of para-hydroxylation sites is 1. The summed E-state index contributed by atoms with van der Waals surface area (Å²) in [6, 6.07) is 12.3. The molecule has 2 atom stereocenters. The van der Waals surface area contributed by atoms with Crippen molar-refractivity contribution in [2.75, 3.05) is 13.7 Å². The Morgan fingerprint density at radius 1 is 1.36 bits per heavy atom. The van der Waals surface area contributed by atoms with E-state index in [4.69, 9.17) is 4.74 Å². The number of hydrogen-bond acceptors (Lipinski definition) is 3. The van der Waals surface area contributed by atoms with Gasteiger partial charge in [0.05, 0.1) is 12.6 Å². The monoisotopic (exact) mass is 315 g/mol. The van der Waals surface area contributed by atoms with E-state index in [0.29, 0.717) is 13.0 Å². The van der Waals surface area contributed by atoms with Gasteiger partial charge in [-0.3, -0.25) is 4.79 Å². The second-order valence-corrected chi connectivity index (χ2v) is 6.75. The Hall–Kier alpha value is -1.81. The highest BCUT2D eigenvalue weighted by molar-refractivity contribution is 7.10. The van der Waals surface area contributed by atoms with Gasteiger partial charge in [-0.05, 0) is 42.3 Å². The summed E-state index contributed by atoms with van der Waals surface area (Å²) in [5, 5.41) is 2.05. The summed E-state index contributed by atoms with van der Waals surface area (Å²) in [5.74, 6) is 1.39. The van der Waals surface area contributed by atoms with E-state index in [0.717, 1.165) is 12.2 Å². The van der Waals surface area contributed by atoms with Gasteiger partial charge in [-0.2, -0.15) is 0 Å². The molecule has 0 radical (unpaired) electrons. The number of fused-ring (bicyclic) bond motifs is 1. The number of rotatable bonds is 4. The molecular weight excluding hydrogens is 294 g/mol. The van der Waals surface area contributed by atoms with Crippen LogP contribution >= 0.6 is 11.3 Å². The second kappa shape index (κ2) is 6.53. The zero-order valence-corrected chi connectivity index (χ0v) is 13.8. The molecule has 0 unspecified atom stereocenters. The van der Waals surface area contributed by atoms with Crippen molar-refractivity contribution in [3.8, 4) is 5.75 Å². The van der Waals surface area contributed by atoms with Crippen LogP contribution in [0.1, 0.15) is 42.2 Å². The number of hydrogen-bond donors (Lipinski definition) is 0. The number of carbonyl (C=O) groups excluding carboxylic acids is 1. The van der Waals surface area contributed by atoms with Gasteiger partial charge in [0.25, 0.3) is 0 Å². The van der Waals surface area contributed by atoms with Gasteiger partial charge >= 0.3 is 0 Å². The van der Waals surface area contributed by atoms with Crippen molar-refractivity contribution in [1.29, 1.82) is 0 Å². The molecule has 0 aliphatic carbocycles. The zero-order chi connectivity index (χ0) is 15.5. The number of benzene rings is 1. The van der Waals surface area contributed by atoms with E-state index < -0.39 is 0 Å². The third kappa shape index (κ3) is 3.02. The van der Waals surface area contributed by atoms with Crippen LogP contribution in [-0.2, 0) is 4.79 Å². The van der Waals surface area contributed by atoms with Crippen molar-refractivity contribution in [3.05, 3.63) is 52.2 Å². The van der Waals surface area contributed by atoms with Crippen LogP contribution < -0.4 is 4.74 Å². The second-order valence-electron chi connectivity index (χ2n) is 5.77. The standard InChI is InChI=1S/C18H21NO2S/c1-13(17-8-5-11-22-17)19(2)18(20)12-14-9-10-21-16-7-4-3-6-15(14)16/h3-8,11,13-14H,9-10,12H2,1-2H3/t13-,14-/m0/s1. The number of thiophene rings is 1. The Bertz CT molecular complexity index is 638. The van der Waals surface area contributed by atoms with Crippen molar-refractivity contribution in [2.24, 2.45) is 0 Å². The summed E-state index contributed by atoms with van der Waals surface area (Å²) in [6.07, 6.45) is 1.45. The Labute approximate surface area is 135 Å². The number of amides is 1. The van der Waals surface area contributed by atoms with Crippen LogP contribution in [0.15, 0.2) is 41.8 Å². The van der Waals surface area contributed by atoms with E-state index >= 15 is 0 Å². The first-order valence-electron chi connectivity index (χ1n) is 7.67. The lowest BCUT2D eigenvalue weighted by Crippen LogP contribution is -2.31. The molecule has 0 N–H and O–H groups in total. The van der Waals surface area contributed by atoms with Gasteiger partial charge in [0, 0.05) is 18.3 Å². The molecule has 2 aromatic rings.